The van der Waals surface area contributed by atoms with Crippen LogP contribution in [0.1, 0.15) is 22.3 Å². The summed E-state index contributed by atoms with van der Waals surface area (Å²) in [6, 6.07) is 6.40. The van der Waals surface area contributed by atoms with E-state index in [4.69, 9.17) is 5.11 Å². The Morgan fingerprint density at radius 3 is 2.24 bits per heavy atom. The molecule has 7 heteroatoms. The molecule has 1 fully saturated rings. The highest BCUT2D eigenvalue weighted by atomic mass is 19.4. The van der Waals surface area contributed by atoms with Crippen molar-refractivity contribution in [1.82, 2.24) is 4.90 Å². The van der Waals surface area contributed by atoms with Gasteiger partial charge in [0, 0.05) is 18.7 Å². The number of benzene rings is 1. The molecule has 1 aliphatic heterocycles. The number of carbonyl (C=O) groups excluding carboxylic acids is 1. The Morgan fingerprint density at radius 1 is 1.24 bits per heavy atom. The minimum Gasteiger partial charge on any atom is -0.481 e. The van der Waals surface area contributed by atoms with E-state index in [1.165, 1.54) is 12.1 Å². The third kappa shape index (κ3) is 2.59. The molecular weight excluding hydrogens is 287 g/mol. The van der Waals surface area contributed by atoms with Crippen LogP contribution in [0.4, 0.5) is 13.2 Å². The molecule has 1 atom stereocenters. The molecule has 21 heavy (non-hydrogen) atoms. The van der Waals surface area contributed by atoms with Crippen LogP contribution >= 0.6 is 0 Å². The number of hydrogen-bond donors (Lipinski definition) is 1. The first kappa shape index (κ1) is 15.3. The first-order chi connectivity index (χ1) is 9.67. The Bertz CT molecular complexity index is 568. The van der Waals surface area contributed by atoms with Crippen LogP contribution < -0.4 is 0 Å². The summed E-state index contributed by atoms with van der Waals surface area (Å²) in [4.78, 5) is 24.2. The number of rotatable bonds is 2. The lowest BCUT2D eigenvalue weighted by molar-refractivity contribution is -0.227. The SMILES string of the molecule is Cc1ccc(C(=O)N2CCC(C(=O)O)(C(F)(F)F)C2)cc1. The molecule has 1 aromatic rings. The van der Waals surface area contributed by atoms with Gasteiger partial charge in [-0.1, -0.05) is 17.7 Å². The van der Waals surface area contributed by atoms with Crippen molar-refractivity contribution in [2.24, 2.45) is 5.41 Å². The van der Waals surface area contributed by atoms with Crippen molar-refractivity contribution in [3.63, 3.8) is 0 Å². The molecule has 0 aromatic heterocycles. The first-order valence-electron chi connectivity index (χ1n) is 6.33. The lowest BCUT2D eigenvalue weighted by atomic mass is 9.86. The zero-order chi connectivity index (χ0) is 15.8. The molecule has 114 valence electrons. The van der Waals surface area contributed by atoms with Crippen molar-refractivity contribution in [3.05, 3.63) is 35.4 Å². The number of aliphatic carboxylic acids is 1. The van der Waals surface area contributed by atoms with Gasteiger partial charge in [0.1, 0.15) is 0 Å². The fourth-order valence-corrected chi connectivity index (χ4v) is 2.39. The Labute approximate surface area is 119 Å². The Balaban J connectivity index is 2.23. The molecule has 0 aliphatic carbocycles. The average molecular weight is 301 g/mol. The van der Waals surface area contributed by atoms with Gasteiger partial charge in [-0.05, 0) is 25.5 Å². The highest BCUT2D eigenvalue weighted by molar-refractivity contribution is 5.95. The molecule has 1 saturated heterocycles. The molecule has 1 unspecified atom stereocenters. The normalized spacial score (nSPS) is 22.4. The molecule has 0 radical (unpaired) electrons. The summed E-state index contributed by atoms with van der Waals surface area (Å²) >= 11 is 0. The van der Waals surface area contributed by atoms with E-state index in [0.29, 0.717) is 0 Å². The maximum atomic E-state index is 13.0. The lowest BCUT2D eigenvalue weighted by Gasteiger charge is -2.27. The largest absolute Gasteiger partial charge is 0.481 e. The second kappa shape index (κ2) is 5.05. The van der Waals surface area contributed by atoms with E-state index >= 15 is 0 Å². The molecule has 1 N–H and O–H groups in total. The van der Waals surface area contributed by atoms with Crippen molar-refractivity contribution in [2.45, 2.75) is 19.5 Å². The van der Waals surface area contributed by atoms with Crippen LogP contribution in [-0.2, 0) is 4.79 Å². The van der Waals surface area contributed by atoms with E-state index < -0.39 is 36.4 Å². The van der Waals surface area contributed by atoms with E-state index in [-0.39, 0.29) is 12.1 Å². The van der Waals surface area contributed by atoms with Crippen molar-refractivity contribution in [1.29, 1.82) is 0 Å². The molecule has 2 rings (SSSR count). The van der Waals surface area contributed by atoms with Gasteiger partial charge in [-0.2, -0.15) is 13.2 Å². The second-order valence-corrected chi connectivity index (χ2v) is 5.23. The van der Waals surface area contributed by atoms with Crippen molar-refractivity contribution < 1.29 is 27.9 Å². The molecule has 1 aliphatic rings. The quantitative estimate of drug-likeness (QED) is 0.913. The van der Waals surface area contributed by atoms with Gasteiger partial charge in [0.2, 0.25) is 0 Å². The molecule has 1 aromatic carbocycles. The standard InChI is InChI=1S/C14H14F3NO3/c1-9-2-4-10(5-3-9)11(19)18-7-6-13(8-18,12(20)21)14(15,16)17/h2-5H,6-8H2,1H3,(H,20,21). The van der Waals surface area contributed by atoms with E-state index in [1.807, 2.05) is 6.92 Å². The van der Waals surface area contributed by atoms with Crippen molar-refractivity contribution >= 4 is 11.9 Å². The summed E-state index contributed by atoms with van der Waals surface area (Å²) in [5, 5.41) is 8.95. The maximum absolute atomic E-state index is 13.0. The smallest absolute Gasteiger partial charge is 0.406 e. The van der Waals surface area contributed by atoms with E-state index in [0.717, 1.165) is 10.5 Å². The fourth-order valence-electron chi connectivity index (χ4n) is 2.39. The zero-order valence-corrected chi connectivity index (χ0v) is 11.3. The number of amides is 1. The van der Waals surface area contributed by atoms with Crippen molar-refractivity contribution in [3.8, 4) is 0 Å². The number of halogens is 3. The maximum Gasteiger partial charge on any atom is 0.406 e. The molecule has 1 heterocycles. The predicted molar refractivity (Wildman–Crippen MR) is 67.8 cm³/mol. The van der Waals surface area contributed by atoms with Gasteiger partial charge < -0.3 is 10.0 Å². The number of aryl methyl sites for hydroxylation is 1. The molecule has 0 spiro atoms. The lowest BCUT2D eigenvalue weighted by Crippen LogP contribution is -2.47. The topological polar surface area (TPSA) is 57.6 Å². The Morgan fingerprint density at radius 2 is 1.81 bits per heavy atom. The second-order valence-electron chi connectivity index (χ2n) is 5.23. The zero-order valence-electron chi connectivity index (χ0n) is 11.3. The van der Waals surface area contributed by atoms with Crippen LogP contribution in [0.2, 0.25) is 0 Å². The van der Waals surface area contributed by atoms with E-state index in [2.05, 4.69) is 0 Å². The number of nitrogens with zero attached hydrogens (tertiary/aromatic N) is 1. The minimum atomic E-state index is -4.89. The fraction of sp³-hybridized carbons (Fsp3) is 0.429. The summed E-state index contributed by atoms with van der Waals surface area (Å²) in [6.45, 7) is 0.750. The van der Waals surface area contributed by atoms with Crippen LogP contribution in [0.5, 0.6) is 0 Å². The molecule has 0 bridgehead atoms. The third-order valence-corrected chi connectivity index (χ3v) is 3.81. The third-order valence-electron chi connectivity index (χ3n) is 3.81. The Hall–Kier alpha value is -2.05. The van der Waals surface area contributed by atoms with Gasteiger partial charge in [0.25, 0.3) is 5.91 Å². The van der Waals surface area contributed by atoms with Gasteiger partial charge in [-0.3, -0.25) is 9.59 Å². The summed E-state index contributed by atoms with van der Waals surface area (Å²) in [7, 11) is 0. The summed E-state index contributed by atoms with van der Waals surface area (Å²) in [5.41, 5.74) is -1.69. The van der Waals surface area contributed by atoms with Crippen LogP contribution in [0.25, 0.3) is 0 Å². The van der Waals surface area contributed by atoms with Crippen LogP contribution in [0, 0.1) is 12.3 Å². The number of carbonyl (C=O) groups is 2. The number of carboxylic acid groups (broad SMARTS) is 1. The van der Waals surface area contributed by atoms with E-state index in [9.17, 15) is 22.8 Å². The first-order valence-corrected chi connectivity index (χ1v) is 6.33. The van der Waals surface area contributed by atoms with Gasteiger partial charge in [0.15, 0.2) is 5.41 Å². The monoisotopic (exact) mass is 301 g/mol. The summed E-state index contributed by atoms with van der Waals surface area (Å²) in [6.07, 6.45) is -5.51. The molecular formula is C14H14F3NO3. The molecule has 0 saturated carbocycles. The number of carboxylic acids is 1. The van der Waals surface area contributed by atoms with Gasteiger partial charge in [-0.15, -0.1) is 0 Å². The predicted octanol–water partition coefficient (Wildman–Crippen LogP) is 2.47. The van der Waals surface area contributed by atoms with Gasteiger partial charge in [0.05, 0.1) is 0 Å². The van der Waals surface area contributed by atoms with Gasteiger partial charge >= 0.3 is 12.1 Å². The Kier molecular flexibility index (Phi) is 3.69. The molecule has 1 amide bonds. The minimum absolute atomic E-state index is 0.224. The van der Waals surface area contributed by atoms with Crippen LogP contribution in [0.15, 0.2) is 24.3 Å². The van der Waals surface area contributed by atoms with Gasteiger partial charge in [-0.25, -0.2) is 0 Å². The summed E-state index contributed by atoms with van der Waals surface area (Å²) < 4.78 is 39.1. The van der Waals surface area contributed by atoms with E-state index in [1.54, 1.807) is 12.1 Å². The number of hydrogen-bond acceptors (Lipinski definition) is 2. The van der Waals surface area contributed by atoms with Crippen LogP contribution in [0.3, 0.4) is 0 Å². The van der Waals surface area contributed by atoms with Crippen molar-refractivity contribution in [2.75, 3.05) is 13.1 Å². The number of alkyl halides is 3. The number of likely N-dealkylation sites (tertiary alicyclic amines) is 1. The summed E-state index contributed by atoms with van der Waals surface area (Å²) in [5.74, 6) is -2.52. The highest BCUT2D eigenvalue weighted by Gasteiger charge is 2.64. The highest BCUT2D eigenvalue weighted by Crippen LogP contribution is 2.45. The average Bonchev–Trinajstić information content (AvgIpc) is 2.84. The van der Waals surface area contributed by atoms with Crippen LogP contribution in [-0.4, -0.2) is 41.1 Å². The molecule has 4 nitrogen and oxygen atoms in total.